The first-order valence-corrected chi connectivity index (χ1v) is 20.8. The van der Waals surface area contributed by atoms with Crippen LogP contribution < -0.4 is 16.0 Å². The van der Waals surface area contributed by atoms with E-state index in [1.165, 1.54) is 32.8 Å². The van der Waals surface area contributed by atoms with Crippen molar-refractivity contribution in [3.05, 3.63) is 59.2 Å². The fourth-order valence-electron chi connectivity index (χ4n) is 6.12. The van der Waals surface area contributed by atoms with Gasteiger partial charge in [-0.1, -0.05) is 83.5 Å². The minimum absolute atomic E-state index is 0.00687. The summed E-state index contributed by atoms with van der Waals surface area (Å²) in [6.07, 6.45) is 1.54. The largest absolute Gasteiger partial charge is 0.456 e. The molecule has 4 N–H and O–H groups in total. The van der Waals surface area contributed by atoms with E-state index in [-0.39, 0.29) is 24.7 Å². The Bertz CT molecular complexity index is 1680. The highest BCUT2D eigenvalue weighted by Gasteiger charge is 2.36. The van der Waals surface area contributed by atoms with Gasteiger partial charge >= 0.3 is 11.9 Å². The molecule has 2 unspecified atom stereocenters. The predicted octanol–water partition coefficient (Wildman–Crippen LogP) is 3.87. The molecule has 60 heavy (non-hydrogen) atoms. The summed E-state index contributed by atoms with van der Waals surface area (Å²) in [5.74, 6) is -5.23. The zero-order valence-electron chi connectivity index (χ0n) is 38.2. The Labute approximate surface area is 357 Å². The Kier molecular flexibility index (Phi) is 22.6. The Hall–Kier alpha value is -5.05. The van der Waals surface area contributed by atoms with Gasteiger partial charge in [0.05, 0.1) is 12.6 Å². The van der Waals surface area contributed by atoms with Crippen LogP contribution in [0.2, 0.25) is 0 Å². The molecular weight excluding hydrogens is 771 g/mol. The summed E-state index contributed by atoms with van der Waals surface area (Å²) in [5.41, 5.74) is 1.81. The van der Waals surface area contributed by atoms with Gasteiger partial charge in [0.2, 0.25) is 23.6 Å². The van der Waals surface area contributed by atoms with E-state index >= 15 is 0 Å². The highest BCUT2D eigenvalue weighted by Crippen LogP contribution is 2.21. The maximum Gasteiger partial charge on any atom is 0.334 e. The highest BCUT2D eigenvalue weighted by molar-refractivity contribution is 5.96. The van der Waals surface area contributed by atoms with Gasteiger partial charge in [-0.25, -0.2) is 9.59 Å². The van der Waals surface area contributed by atoms with Crippen LogP contribution in [0.25, 0.3) is 0 Å². The minimum atomic E-state index is -1.15. The summed E-state index contributed by atoms with van der Waals surface area (Å²) in [5, 5.41) is 18.2. The van der Waals surface area contributed by atoms with Gasteiger partial charge < -0.3 is 40.3 Å². The smallest absolute Gasteiger partial charge is 0.334 e. The SMILES string of the molecule is C/C=C(\C)C(=O)O[C@H](CC(C)C)C(=O)N[C@@H](C)C(=O)N(C)[C@H](Cc1ccccc1)C(=O)N(C)CC(=O)NC(C(=O)N[C@H](C)C(=O)O[C@H](/C(C)=C/C)[C@@H](C)[C@H](C)O)C(C)CC. The summed E-state index contributed by atoms with van der Waals surface area (Å²) < 4.78 is 11.2. The van der Waals surface area contributed by atoms with Gasteiger partial charge in [0.25, 0.3) is 5.91 Å². The van der Waals surface area contributed by atoms with Crippen molar-refractivity contribution >= 4 is 41.5 Å². The normalized spacial score (nSPS) is 16.4. The lowest BCUT2D eigenvalue weighted by atomic mass is 9.93. The lowest BCUT2D eigenvalue weighted by Gasteiger charge is -2.33. The highest BCUT2D eigenvalue weighted by atomic mass is 16.6. The summed E-state index contributed by atoms with van der Waals surface area (Å²) in [6, 6.07) is 4.63. The van der Waals surface area contributed by atoms with Crippen molar-refractivity contribution in [2.45, 2.75) is 145 Å². The third-order valence-corrected chi connectivity index (χ3v) is 10.8. The number of aliphatic hydroxyl groups is 1. The first kappa shape index (κ1) is 53.0. The Morgan fingerprint density at radius 1 is 0.783 bits per heavy atom. The molecule has 5 amide bonds. The second-order valence-electron chi connectivity index (χ2n) is 16.2. The van der Waals surface area contributed by atoms with Crippen molar-refractivity contribution in [3.63, 3.8) is 0 Å². The molecule has 15 heteroatoms. The monoisotopic (exact) mass is 842 g/mol. The van der Waals surface area contributed by atoms with Crippen molar-refractivity contribution in [2.75, 3.05) is 20.6 Å². The van der Waals surface area contributed by atoms with E-state index in [0.717, 1.165) is 16.0 Å². The molecule has 9 atom stereocenters. The van der Waals surface area contributed by atoms with Crippen LogP contribution in [0.5, 0.6) is 0 Å². The van der Waals surface area contributed by atoms with Gasteiger partial charge in [-0.05, 0) is 77.9 Å². The van der Waals surface area contributed by atoms with E-state index in [1.54, 1.807) is 84.9 Å². The Morgan fingerprint density at radius 3 is 1.88 bits per heavy atom. The summed E-state index contributed by atoms with van der Waals surface area (Å²) in [7, 11) is 2.85. The van der Waals surface area contributed by atoms with Gasteiger partial charge in [0, 0.05) is 32.0 Å². The number of ether oxygens (including phenoxy) is 2. The number of hydrogen-bond acceptors (Lipinski definition) is 10. The minimum Gasteiger partial charge on any atom is -0.456 e. The number of hydrogen-bond donors (Lipinski definition) is 4. The van der Waals surface area contributed by atoms with E-state index in [4.69, 9.17) is 9.47 Å². The van der Waals surface area contributed by atoms with Crippen LogP contribution in [0, 0.1) is 17.8 Å². The summed E-state index contributed by atoms with van der Waals surface area (Å²) in [6.45, 7) is 20.0. The summed E-state index contributed by atoms with van der Waals surface area (Å²) in [4.78, 5) is 96.5. The van der Waals surface area contributed by atoms with Gasteiger partial charge in [0.1, 0.15) is 30.3 Å². The van der Waals surface area contributed by atoms with Crippen LogP contribution >= 0.6 is 0 Å². The molecule has 0 bridgehead atoms. The van der Waals surface area contributed by atoms with Gasteiger partial charge in [-0.15, -0.1) is 0 Å². The molecule has 0 aliphatic rings. The summed E-state index contributed by atoms with van der Waals surface area (Å²) >= 11 is 0. The maximum absolute atomic E-state index is 14.1. The standard InChI is InChI=1S/C45H71N5O10/c1-15-27(6)38(41(54)47-32(11)45(58)60-39(28(7)16-2)30(9)33(12)51)48-37(52)25-49(13)43(56)35(24-34-21-19-18-20-22-34)50(14)42(55)31(10)46-40(53)36(23-26(4)5)59-44(57)29(8)17-3/h16-22,26-27,30-33,35-36,38-39,51H,15,23-25H2,1-14H3,(H,46,53)(H,47,54)(H,48,52)/b28-16+,29-17+/t27?,30-,31-,32+,33-,35+,36+,38?,39+/m0/s1. The number of rotatable bonds is 23. The average Bonchev–Trinajstić information content (AvgIpc) is 3.21. The van der Waals surface area contributed by atoms with Crippen molar-refractivity contribution in [1.29, 1.82) is 0 Å². The lowest BCUT2D eigenvalue weighted by molar-refractivity contribution is -0.154. The van der Waals surface area contributed by atoms with Crippen molar-refractivity contribution in [1.82, 2.24) is 25.8 Å². The fourth-order valence-corrected chi connectivity index (χ4v) is 6.12. The number of carbonyl (C=O) groups is 7. The molecule has 0 heterocycles. The molecule has 0 fully saturated rings. The van der Waals surface area contributed by atoms with Gasteiger partial charge in [-0.3, -0.25) is 24.0 Å². The molecule has 0 spiro atoms. The quantitative estimate of drug-likeness (QED) is 0.0713. The Morgan fingerprint density at radius 2 is 1.37 bits per heavy atom. The molecule has 1 aromatic rings. The van der Waals surface area contributed by atoms with Crippen LogP contribution in [-0.2, 0) is 49.5 Å². The predicted molar refractivity (Wildman–Crippen MR) is 230 cm³/mol. The fraction of sp³-hybridized carbons (Fsp3) is 0.622. The lowest BCUT2D eigenvalue weighted by Crippen LogP contribution is -2.57. The van der Waals surface area contributed by atoms with E-state index < -0.39 is 96.4 Å². The number of likely N-dealkylation sites (N-methyl/N-ethyl adjacent to an activating group) is 2. The molecule has 0 aromatic heterocycles. The molecule has 15 nitrogen and oxygen atoms in total. The first-order chi connectivity index (χ1) is 28.0. The van der Waals surface area contributed by atoms with Crippen LogP contribution in [-0.4, -0.2) is 120 Å². The van der Waals surface area contributed by atoms with Crippen molar-refractivity contribution in [3.8, 4) is 0 Å². The number of nitrogens with one attached hydrogen (secondary N) is 3. The number of esters is 2. The second kappa shape index (κ2) is 25.5. The molecule has 0 radical (unpaired) electrons. The zero-order valence-corrected chi connectivity index (χ0v) is 38.2. The third-order valence-electron chi connectivity index (χ3n) is 10.8. The van der Waals surface area contributed by atoms with Crippen molar-refractivity contribution < 1.29 is 48.1 Å². The third kappa shape index (κ3) is 16.5. The van der Waals surface area contributed by atoms with Gasteiger partial charge in [0.15, 0.2) is 6.10 Å². The number of carbonyl (C=O) groups excluding carboxylic acids is 7. The number of benzene rings is 1. The average molecular weight is 842 g/mol. The van der Waals surface area contributed by atoms with Crippen LogP contribution in [0.4, 0.5) is 0 Å². The van der Waals surface area contributed by atoms with E-state index in [2.05, 4.69) is 16.0 Å². The van der Waals surface area contributed by atoms with E-state index in [9.17, 15) is 38.7 Å². The number of nitrogens with zero attached hydrogens (tertiary/aromatic N) is 2. The first-order valence-electron chi connectivity index (χ1n) is 20.8. The molecule has 0 saturated heterocycles. The molecule has 1 aromatic carbocycles. The zero-order chi connectivity index (χ0) is 46.0. The molecule has 1 rings (SSSR count). The van der Waals surface area contributed by atoms with E-state index in [0.29, 0.717) is 12.0 Å². The topological polar surface area (TPSA) is 201 Å². The van der Waals surface area contributed by atoms with Crippen LogP contribution in [0.15, 0.2) is 53.6 Å². The van der Waals surface area contributed by atoms with Gasteiger partial charge in [-0.2, -0.15) is 0 Å². The molecule has 0 saturated carbocycles. The second-order valence-corrected chi connectivity index (χ2v) is 16.2. The number of aliphatic hydroxyl groups excluding tert-OH is 1. The molecule has 0 aliphatic carbocycles. The maximum atomic E-state index is 14.1. The number of allylic oxidation sites excluding steroid dienone is 2. The molecule has 336 valence electrons. The Balaban J connectivity index is 3.23. The van der Waals surface area contributed by atoms with Crippen LogP contribution in [0.3, 0.4) is 0 Å². The van der Waals surface area contributed by atoms with Crippen molar-refractivity contribution in [2.24, 2.45) is 17.8 Å². The molecule has 0 aliphatic heterocycles. The van der Waals surface area contributed by atoms with Crippen LogP contribution in [0.1, 0.15) is 101 Å². The van der Waals surface area contributed by atoms with E-state index in [1.807, 2.05) is 26.8 Å². The molecular formula is C45H71N5O10. The number of amides is 5.